The second-order valence-corrected chi connectivity index (χ2v) is 10.1. The first-order valence-electron chi connectivity index (χ1n) is 9.70. The monoisotopic (exact) mass is 420 g/mol. The molecule has 0 aliphatic rings. The smallest absolute Gasteiger partial charge is 0.0481 e. The highest BCUT2D eigenvalue weighted by Crippen LogP contribution is 2.42. The number of thiophene rings is 3. The van der Waals surface area contributed by atoms with Crippen molar-refractivity contribution in [3.8, 4) is 19.5 Å². The molecule has 0 spiro atoms. The molecule has 0 radical (unpaired) electrons. The Bertz CT molecular complexity index is 722. The van der Waals surface area contributed by atoms with Crippen molar-refractivity contribution in [1.82, 2.24) is 0 Å². The average molecular weight is 421 g/mol. The molecule has 0 fully saturated rings. The molecule has 0 aliphatic heterocycles. The number of rotatable bonds is 12. The van der Waals surface area contributed by atoms with Crippen molar-refractivity contribution in [3.05, 3.63) is 46.7 Å². The second-order valence-electron chi connectivity index (χ2n) is 6.72. The van der Waals surface area contributed by atoms with E-state index in [9.17, 15) is 0 Å². The van der Waals surface area contributed by atoms with Crippen molar-refractivity contribution in [3.63, 3.8) is 0 Å². The van der Waals surface area contributed by atoms with E-state index in [-0.39, 0.29) is 0 Å². The molecule has 0 saturated heterocycles. The van der Waals surface area contributed by atoms with E-state index in [2.05, 4.69) is 53.7 Å². The van der Waals surface area contributed by atoms with Crippen LogP contribution in [0, 0.1) is 0 Å². The SMILES string of the molecule is SCCCCCCCCCCc1cc(-c2cccs2)sc1-c1cccs1. The summed E-state index contributed by atoms with van der Waals surface area (Å²) in [5.41, 5.74) is 1.55. The van der Waals surface area contributed by atoms with Gasteiger partial charge in [0.2, 0.25) is 0 Å². The molecule has 26 heavy (non-hydrogen) atoms. The van der Waals surface area contributed by atoms with Gasteiger partial charge in [-0.3, -0.25) is 0 Å². The standard InChI is InChI=1S/C22H28S4/c23-14-8-6-4-2-1-3-5-7-11-18-17-21(19-12-9-15-24-19)26-22(18)20-13-10-16-25-20/h9-10,12-13,15-17,23H,1-8,11,14H2. The summed E-state index contributed by atoms with van der Waals surface area (Å²) in [4.78, 5) is 5.76. The molecule has 0 bridgehead atoms. The second kappa shape index (κ2) is 11.3. The summed E-state index contributed by atoms with van der Waals surface area (Å²) in [6.45, 7) is 0. The van der Waals surface area contributed by atoms with Gasteiger partial charge in [-0.1, -0.05) is 50.7 Å². The molecule has 0 aromatic carbocycles. The van der Waals surface area contributed by atoms with Crippen LogP contribution < -0.4 is 0 Å². The lowest BCUT2D eigenvalue weighted by atomic mass is 10.0. The van der Waals surface area contributed by atoms with Crippen molar-refractivity contribution in [2.45, 2.75) is 57.8 Å². The molecule has 0 saturated carbocycles. The predicted octanol–water partition coefficient (Wildman–Crippen LogP) is 8.80. The molecule has 4 heteroatoms. The van der Waals surface area contributed by atoms with Crippen LogP contribution in [0.5, 0.6) is 0 Å². The first-order valence-corrected chi connectivity index (χ1v) is 12.9. The lowest BCUT2D eigenvalue weighted by Crippen LogP contribution is -1.86. The minimum Gasteiger partial charge on any atom is -0.179 e. The summed E-state index contributed by atoms with van der Waals surface area (Å²) >= 11 is 9.96. The van der Waals surface area contributed by atoms with E-state index >= 15 is 0 Å². The predicted molar refractivity (Wildman–Crippen MR) is 125 cm³/mol. The molecular weight excluding hydrogens is 393 g/mol. The van der Waals surface area contributed by atoms with Crippen molar-refractivity contribution in [2.75, 3.05) is 5.75 Å². The third-order valence-electron chi connectivity index (χ3n) is 4.67. The summed E-state index contributed by atoms with van der Waals surface area (Å²) in [6.07, 6.45) is 12.1. The molecule has 3 aromatic rings. The van der Waals surface area contributed by atoms with Crippen LogP contribution in [0.2, 0.25) is 0 Å². The van der Waals surface area contributed by atoms with Gasteiger partial charge in [0.25, 0.3) is 0 Å². The van der Waals surface area contributed by atoms with Crippen LogP contribution in [0.15, 0.2) is 41.1 Å². The van der Waals surface area contributed by atoms with Crippen molar-refractivity contribution in [1.29, 1.82) is 0 Å². The molecule has 3 heterocycles. The van der Waals surface area contributed by atoms with Crippen LogP contribution in [-0.2, 0) is 6.42 Å². The summed E-state index contributed by atoms with van der Waals surface area (Å²) in [7, 11) is 0. The van der Waals surface area contributed by atoms with E-state index in [0.29, 0.717) is 0 Å². The molecule has 0 atom stereocenters. The molecule has 3 aromatic heterocycles. The molecule has 0 aliphatic carbocycles. The fourth-order valence-corrected chi connectivity index (χ4v) is 6.41. The van der Waals surface area contributed by atoms with Gasteiger partial charge in [-0.15, -0.1) is 34.0 Å². The molecule has 3 rings (SSSR count). The third-order valence-corrected chi connectivity index (χ3v) is 8.28. The topological polar surface area (TPSA) is 0 Å². The van der Waals surface area contributed by atoms with Gasteiger partial charge in [0.1, 0.15) is 0 Å². The summed E-state index contributed by atoms with van der Waals surface area (Å²) in [6, 6.07) is 11.3. The Hall–Kier alpha value is -0.550. The minimum atomic E-state index is 1.04. The average Bonchev–Trinajstić information content (AvgIpc) is 3.40. The molecule has 0 nitrogen and oxygen atoms in total. The van der Waals surface area contributed by atoms with E-state index in [0.717, 1.165) is 5.75 Å². The van der Waals surface area contributed by atoms with Crippen LogP contribution in [0.1, 0.15) is 56.9 Å². The minimum absolute atomic E-state index is 1.04. The third kappa shape index (κ3) is 5.98. The maximum Gasteiger partial charge on any atom is 0.0481 e. The van der Waals surface area contributed by atoms with Crippen LogP contribution >= 0.6 is 46.6 Å². The van der Waals surface area contributed by atoms with Gasteiger partial charge in [-0.2, -0.15) is 12.6 Å². The summed E-state index contributed by atoms with van der Waals surface area (Å²) in [5, 5.41) is 4.37. The zero-order chi connectivity index (χ0) is 18.0. The van der Waals surface area contributed by atoms with Crippen molar-refractivity contribution >= 4 is 46.6 Å². The fraction of sp³-hybridized carbons (Fsp3) is 0.455. The quantitative estimate of drug-likeness (QED) is 0.219. The highest BCUT2D eigenvalue weighted by atomic mass is 32.1. The van der Waals surface area contributed by atoms with Crippen LogP contribution in [-0.4, -0.2) is 5.75 Å². The molecule has 0 unspecified atom stereocenters. The summed E-state index contributed by atoms with van der Waals surface area (Å²) < 4.78 is 0. The maximum atomic E-state index is 4.28. The Balaban J connectivity index is 1.51. The largest absolute Gasteiger partial charge is 0.179 e. The lowest BCUT2D eigenvalue weighted by Gasteiger charge is -2.03. The Morgan fingerprint density at radius 3 is 1.92 bits per heavy atom. The van der Waals surface area contributed by atoms with Crippen LogP contribution in [0.4, 0.5) is 0 Å². The number of aryl methyl sites for hydroxylation is 1. The number of thiol groups is 1. The van der Waals surface area contributed by atoms with Crippen molar-refractivity contribution < 1.29 is 0 Å². The van der Waals surface area contributed by atoms with Gasteiger partial charge in [0, 0.05) is 19.5 Å². The van der Waals surface area contributed by atoms with Gasteiger partial charge in [-0.25, -0.2) is 0 Å². The van der Waals surface area contributed by atoms with Gasteiger partial charge < -0.3 is 0 Å². The first-order chi connectivity index (χ1) is 12.9. The van der Waals surface area contributed by atoms with Gasteiger partial charge >= 0.3 is 0 Å². The normalized spacial score (nSPS) is 11.3. The maximum absolute atomic E-state index is 4.28. The highest BCUT2D eigenvalue weighted by molar-refractivity contribution is 7.80. The molecule has 0 N–H and O–H groups in total. The Labute approximate surface area is 175 Å². The molecule has 140 valence electrons. The van der Waals surface area contributed by atoms with Crippen molar-refractivity contribution in [2.24, 2.45) is 0 Å². The van der Waals surface area contributed by atoms with Gasteiger partial charge in [0.15, 0.2) is 0 Å². The fourth-order valence-electron chi connectivity index (χ4n) is 3.26. The van der Waals surface area contributed by atoms with Crippen LogP contribution in [0.25, 0.3) is 19.5 Å². The van der Waals surface area contributed by atoms with E-state index in [1.165, 1.54) is 77.3 Å². The summed E-state index contributed by atoms with van der Waals surface area (Å²) in [5.74, 6) is 1.04. The van der Waals surface area contributed by atoms with E-state index in [4.69, 9.17) is 0 Å². The van der Waals surface area contributed by atoms with Gasteiger partial charge in [-0.05, 0) is 59.5 Å². The Morgan fingerprint density at radius 2 is 1.31 bits per heavy atom. The molecule has 0 amide bonds. The number of hydrogen-bond acceptors (Lipinski definition) is 4. The number of hydrogen-bond donors (Lipinski definition) is 1. The lowest BCUT2D eigenvalue weighted by molar-refractivity contribution is 0.577. The van der Waals surface area contributed by atoms with Gasteiger partial charge in [0.05, 0.1) is 0 Å². The first kappa shape index (κ1) is 20.2. The highest BCUT2D eigenvalue weighted by Gasteiger charge is 2.13. The van der Waals surface area contributed by atoms with Crippen LogP contribution in [0.3, 0.4) is 0 Å². The van der Waals surface area contributed by atoms with E-state index in [1.807, 2.05) is 34.0 Å². The zero-order valence-corrected chi connectivity index (χ0v) is 18.6. The Morgan fingerprint density at radius 1 is 0.692 bits per heavy atom. The number of unbranched alkanes of at least 4 members (excludes halogenated alkanes) is 7. The zero-order valence-electron chi connectivity index (χ0n) is 15.3. The Kier molecular flexibility index (Phi) is 8.80. The van der Waals surface area contributed by atoms with E-state index < -0.39 is 0 Å². The van der Waals surface area contributed by atoms with E-state index in [1.54, 1.807) is 5.56 Å². The molecular formula is C22H28S4.